The highest BCUT2D eigenvalue weighted by atomic mass is 32.2. The molecule has 3 nitrogen and oxygen atoms in total. The first-order chi connectivity index (χ1) is 7.26. The van der Waals surface area contributed by atoms with Gasteiger partial charge in [0, 0.05) is 10.6 Å². The lowest BCUT2D eigenvalue weighted by atomic mass is 10.3. The van der Waals surface area contributed by atoms with Crippen LogP contribution in [-0.2, 0) is 9.53 Å². The zero-order valence-corrected chi connectivity index (χ0v) is 9.76. The molecule has 4 heteroatoms. The van der Waals surface area contributed by atoms with Gasteiger partial charge in [-0.2, -0.15) is 0 Å². The molecule has 0 aliphatic rings. The summed E-state index contributed by atoms with van der Waals surface area (Å²) in [6, 6.07) is 7.92. The Bertz CT molecular complexity index is 328. The van der Waals surface area contributed by atoms with Gasteiger partial charge in [-0.1, -0.05) is 6.07 Å². The molecule has 0 radical (unpaired) electrons. The summed E-state index contributed by atoms with van der Waals surface area (Å²) < 4.78 is 4.81. The number of ether oxygens (including phenoxy) is 1. The highest BCUT2D eigenvalue weighted by Gasteiger charge is 2.01. The van der Waals surface area contributed by atoms with E-state index in [2.05, 4.69) is 5.32 Å². The van der Waals surface area contributed by atoms with Crippen LogP contribution in [0.15, 0.2) is 29.2 Å². The number of esters is 1. The molecule has 15 heavy (non-hydrogen) atoms. The van der Waals surface area contributed by atoms with E-state index in [0.29, 0.717) is 6.61 Å². The number of hydrogen-bond donors (Lipinski definition) is 1. The van der Waals surface area contributed by atoms with Crippen LogP contribution in [0.2, 0.25) is 0 Å². The van der Waals surface area contributed by atoms with Crippen molar-refractivity contribution in [2.45, 2.75) is 11.8 Å². The molecule has 0 aliphatic heterocycles. The molecule has 0 atom stereocenters. The fraction of sp³-hybridized carbons (Fsp3) is 0.364. The van der Waals surface area contributed by atoms with Crippen LogP contribution >= 0.6 is 11.8 Å². The number of benzene rings is 1. The van der Waals surface area contributed by atoms with Crippen LogP contribution in [0.3, 0.4) is 0 Å². The van der Waals surface area contributed by atoms with E-state index < -0.39 is 0 Å². The molecule has 0 aliphatic carbocycles. The molecule has 0 aromatic heterocycles. The van der Waals surface area contributed by atoms with E-state index in [-0.39, 0.29) is 12.5 Å². The Morgan fingerprint density at radius 3 is 3.00 bits per heavy atom. The maximum Gasteiger partial charge on any atom is 0.325 e. The maximum atomic E-state index is 11.1. The zero-order valence-electron chi connectivity index (χ0n) is 8.95. The van der Waals surface area contributed by atoms with Crippen LogP contribution in [-0.4, -0.2) is 25.4 Å². The Morgan fingerprint density at radius 1 is 1.53 bits per heavy atom. The highest BCUT2D eigenvalue weighted by molar-refractivity contribution is 7.98. The first-order valence-electron chi connectivity index (χ1n) is 4.79. The number of carbonyl (C=O) groups excluding carboxylic acids is 1. The molecule has 1 N–H and O–H groups in total. The molecule has 0 fully saturated rings. The summed E-state index contributed by atoms with van der Waals surface area (Å²) in [5, 5.41) is 3.02. The van der Waals surface area contributed by atoms with Crippen LogP contribution in [0, 0.1) is 0 Å². The van der Waals surface area contributed by atoms with Gasteiger partial charge in [-0.15, -0.1) is 11.8 Å². The van der Waals surface area contributed by atoms with E-state index in [1.54, 1.807) is 18.7 Å². The first kappa shape index (κ1) is 11.9. The predicted octanol–water partition coefficient (Wildman–Crippen LogP) is 2.38. The minimum atomic E-state index is -0.230. The first-order valence-corrected chi connectivity index (χ1v) is 6.02. The van der Waals surface area contributed by atoms with Crippen molar-refractivity contribution in [1.82, 2.24) is 0 Å². The van der Waals surface area contributed by atoms with E-state index in [4.69, 9.17) is 4.74 Å². The lowest BCUT2D eigenvalue weighted by Crippen LogP contribution is -2.16. The van der Waals surface area contributed by atoms with Gasteiger partial charge < -0.3 is 10.1 Å². The third-order valence-electron chi connectivity index (χ3n) is 1.81. The van der Waals surface area contributed by atoms with Gasteiger partial charge in [0.2, 0.25) is 0 Å². The Hall–Kier alpha value is -1.16. The van der Waals surface area contributed by atoms with E-state index >= 15 is 0 Å². The molecule has 0 unspecified atom stereocenters. The fourth-order valence-electron chi connectivity index (χ4n) is 1.12. The largest absolute Gasteiger partial charge is 0.465 e. The predicted molar refractivity (Wildman–Crippen MR) is 63.3 cm³/mol. The van der Waals surface area contributed by atoms with Crippen LogP contribution < -0.4 is 5.32 Å². The van der Waals surface area contributed by atoms with Gasteiger partial charge in [-0.3, -0.25) is 4.79 Å². The number of rotatable bonds is 5. The molecular weight excluding hydrogens is 210 g/mol. The van der Waals surface area contributed by atoms with Crippen LogP contribution in [0.1, 0.15) is 6.92 Å². The lowest BCUT2D eigenvalue weighted by Gasteiger charge is -2.06. The van der Waals surface area contributed by atoms with Gasteiger partial charge in [0.1, 0.15) is 6.54 Å². The van der Waals surface area contributed by atoms with Crippen molar-refractivity contribution >= 4 is 23.4 Å². The SMILES string of the molecule is CCOC(=O)CNc1cccc(SC)c1. The summed E-state index contributed by atoms with van der Waals surface area (Å²) in [5.41, 5.74) is 0.940. The molecule has 0 spiro atoms. The lowest BCUT2D eigenvalue weighted by molar-refractivity contribution is -0.140. The Labute approximate surface area is 94.2 Å². The Kier molecular flexibility index (Phi) is 5.04. The molecule has 0 saturated heterocycles. The van der Waals surface area contributed by atoms with Crippen molar-refractivity contribution in [1.29, 1.82) is 0 Å². The van der Waals surface area contributed by atoms with Crippen molar-refractivity contribution < 1.29 is 9.53 Å². The van der Waals surface area contributed by atoms with E-state index in [9.17, 15) is 4.79 Å². The summed E-state index contributed by atoms with van der Waals surface area (Å²) in [6.07, 6.45) is 2.02. The summed E-state index contributed by atoms with van der Waals surface area (Å²) >= 11 is 1.67. The van der Waals surface area contributed by atoms with Crippen LogP contribution in [0.25, 0.3) is 0 Å². The van der Waals surface area contributed by atoms with Crippen LogP contribution in [0.4, 0.5) is 5.69 Å². The molecule has 0 bridgehead atoms. The second-order valence-corrected chi connectivity index (χ2v) is 3.77. The number of nitrogens with one attached hydrogen (secondary N) is 1. The van der Waals surface area contributed by atoms with E-state index in [1.165, 1.54) is 4.90 Å². The molecule has 0 saturated carbocycles. The average molecular weight is 225 g/mol. The maximum absolute atomic E-state index is 11.1. The topological polar surface area (TPSA) is 38.3 Å². The molecule has 1 aromatic rings. The van der Waals surface area contributed by atoms with Crippen molar-refractivity contribution in [2.75, 3.05) is 24.7 Å². The molecule has 0 amide bonds. The second kappa shape index (κ2) is 6.35. The highest BCUT2D eigenvalue weighted by Crippen LogP contribution is 2.18. The van der Waals surface area contributed by atoms with Gasteiger partial charge in [0.05, 0.1) is 6.61 Å². The van der Waals surface area contributed by atoms with E-state index in [0.717, 1.165) is 5.69 Å². The number of hydrogen-bond acceptors (Lipinski definition) is 4. The molecule has 1 rings (SSSR count). The third kappa shape index (κ3) is 4.25. The fourth-order valence-corrected chi connectivity index (χ4v) is 1.58. The summed E-state index contributed by atoms with van der Waals surface area (Å²) in [7, 11) is 0. The standard InChI is InChI=1S/C11H15NO2S/c1-3-14-11(13)8-12-9-5-4-6-10(7-9)15-2/h4-7,12H,3,8H2,1-2H3. The van der Waals surface area contributed by atoms with Gasteiger partial charge >= 0.3 is 5.97 Å². The van der Waals surface area contributed by atoms with Crippen molar-refractivity contribution in [3.63, 3.8) is 0 Å². The van der Waals surface area contributed by atoms with Crippen LogP contribution in [0.5, 0.6) is 0 Å². The average Bonchev–Trinajstić information content (AvgIpc) is 2.27. The number of anilines is 1. The van der Waals surface area contributed by atoms with E-state index in [1.807, 2.05) is 30.5 Å². The summed E-state index contributed by atoms with van der Waals surface area (Å²) in [6.45, 7) is 2.43. The smallest absolute Gasteiger partial charge is 0.325 e. The minimum absolute atomic E-state index is 0.214. The number of thioether (sulfide) groups is 1. The number of carbonyl (C=O) groups is 1. The van der Waals surface area contributed by atoms with Gasteiger partial charge in [0.15, 0.2) is 0 Å². The van der Waals surface area contributed by atoms with Crippen molar-refractivity contribution in [2.24, 2.45) is 0 Å². The zero-order chi connectivity index (χ0) is 11.1. The molecule has 1 aromatic carbocycles. The quantitative estimate of drug-likeness (QED) is 0.617. The second-order valence-electron chi connectivity index (χ2n) is 2.89. The molecular formula is C11H15NO2S. The third-order valence-corrected chi connectivity index (χ3v) is 2.54. The molecule has 0 heterocycles. The van der Waals surface area contributed by atoms with Crippen molar-refractivity contribution in [3.05, 3.63) is 24.3 Å². The Morgan fingerprint density at radius 2 is 2.33 bits per heavy atom. The summed E-state index contributed by atoms with van der Waals surface area (Å²) in [5.74, 6) is -0.230. The van der Waals surface area contributed by atoms with Gasteiger partial charge in [0.25, 0.3) is 0 Å². The Balaban J connectivity index is 2.46. The van der Waals surface area contributed by atoms with Gasteiger partial charge in [-0.05, 0) is 31.4 Å². The summed E-state index contributed by atoms with van der Waals surface area (Å²) in [4.78, 5) is 12.3. The normalized spacial score (nSPS) is 9.73. The van der Waals surface area contributed by atoms with Crippen molar-refractivity contribution in [3.8, 4) is 0 Å². The minimum Gasteiger partial charge on any atom is -0.465 e. The van der Waals surface area contributed by atoms with Gasteiger partial charge in [-0.25, -0.2) is 0 Å². The molecule has 82 valence electrons. The monoisotopic (exact) mass is 225 g/mol.